The van der Waals surface area contributed by atoms with E-state index >= 15 is 0 Å². The topological polar surface area (TPSA) is 85.8 Å². The Bertz CT molecular complexity index is 557. The summed E-state index contributed by atoms with van der Waals surface area (Å²) >= 11 is 0. The molecular weight excluding hydrogens is 242 g/mol. The zero-order chi connectivity index (χ0) is 13.9. The number of benzene rings is 1. The van der Waals surface area contributed by atoms with Gasteiger partial charge in [0.15, 0.2) is 0 Å². The fourth-order valence-corrected chi connectivity index (χ4v) is 1.70. The summed E-state index contributed by atoms with van der Waals surface area (Å²) in [6, 6.07) is 7.45. The van der Waals surface area contributed by atoms with E-state index in [0.717, 1.165) is 11.4 Å². The maximum Gasteiger partial charge on any atom is 0.226 e. The lowest BCUT2D eigenvalue weighted by Crippen LogP contribution is -2.36. The van der Waals surface area contributed by atoms with Crippen LogP contribution in [0.2, 0.25) is 0 Å². The van der Waals surface area contributed by atoms with Crippen LogP contribution in [0.1, 0.15) is 20.3 Å². The Hall–Kier alpha value is -2.21. The predicted octanol–water partition coefficient (Wildman–Crippen LogP) is 1.33. The van der Waals surface area contributed by atoms with Gasteiger partial charge in [0.25, 0.3) is 0 Å². The number of rotatable bonds is 4. The van der Waals surface area contributed by atoms with Crippen LogP contribution >= 0.6 is 0 Å². The van der Waals surface area contributed by atoms with Crippen molar-refractivity contribution in [1.82, 2.24) is 14.8 Å². The van der Waals surface area contributed by atoms with Gasteiger partial charge in [0.1, 0.15) is 12.7 Å². The third-order valence-corrected chi connectivity index (χ3v) is 2.46. The number of nitrogens with two attached hydrogens (primary N) is 1. The van der Waals surface area contributed by atoms with E-state index in [1.54, 1.807) is 17.2 Å². The van der Waals surface area contributed by atoms with Gasteiger partial charge in [0.2, 0.25) is 5.91 Å². The largest absolute Gasteiger partial charge is 0.326 e. The van der Waals surface area contributed by atoms with Gasteiger partial charge in [-0.05, 0) is 32.0 Å². The van der Waals surface area contributed by atoms with Gasteiger partial charge in [0.05, 0.1) is 5.69 Å². The van der Waals surface area contributed by atoms with Gasteiger partial charge in [-0.15, -0.1) is 10.2 Å². The number of carbonyl (C=O) groups excluding carboxylic acids is 1. The standard InChI is InChI=1S/C13H17N5O/c1-13(2,14)7-12(19)17-10-4-3-5-11(6-10)18-8-15-16-9-18/h3-6,8-9H,7,14H2,1-2H3,(H,17,19). The highest BCUT2D eigenvalue weighted by molar-refractivity contribution is 5.91. The van der Waals surface area contributed by atoms with Gasteiger partial charge >= 0.3 is 0 Å². The number of nitrogens with zero attached hydrogens (tertiary/aromatic N) is 3. The Morgan fingerprint density at radius 2 is 2.05 bits per heavy atom. The molecule has 0 aliphatic carbocycles. The molecule has 0 saturated carbocycles. The molecule has 0 saturated heterocycles. The first kappa shape index (κ1) is 13.2. The first-order chi connectivity index (χ1) is 8.94. The van der Waals surface area contributed by atoms with Crippen molar-refractivity contribution >= 4 is 11.6 Å². The van der Waals surface area contributed by atoms with Crippen LogP contribution < -0.4 is 11.1 Å². The first-order valence-corrected chi connectivity index (χ1v) is 5.98. The van der Waals surface area contributed by atoms with Crippen molar-refractivity contribution in [2.24, 2.45) is 5.73 Å². The van der Waals surface area contributed by atoms with E-state index in [9.17, 15) is 4.79 Å². The average molecular weight is 259 g/mol. The smallest absolute Gasteiger partial charge is 0.226 e. The summed E-state index contributed by atoms with van der Waals surface area (Å²) in [4.78, 5) is 11.8. The summed E-state index contributed by atoms with van der Waals surface area (Å²) in [7, 11) is 0. The van der Waals surface area contributed by atoms with Crippen LogP contribution in [0.4, 0.5) is 5.69 Å². The van der Waals surface area contributed by atoms with Gasteiger partial charge in [-0.1, -0.05) is 6.07 Å². The van der Waals surface area contributed by atoms with Crippen molar-refractivity contribution in [3.63, 3.8) is 0 Å². The molecule has 1 amide bonds. The van der Waals surface area contributed by atoms with Crippen molar-refractivity contribution in [3.05, 3.63) is 36.9 Å². The van der Waals surface area contributed by atoms with Crippen LogP contribution in [-0.2, 0) is 4.79 Å². The van der Waals surface area contributed by atoms with Crippen LogP contribution in [0.3, 0.4) is 0 Å². The van der Waals surface area contributed by atoms with Gasteiger partial charge in [0, 0.05) is 17.6 Å². The highest BCUT2D eigenvalue weighted by Gasteiger charge is 2.16. The van der Waals surface area contributed by atoms with E-state index in [1.165, 1.54) is 0 Å². The second-order valence-corrected chi connectivity index (χ2v) is 5.13. The molecule has 0 aliphatic rings. The predicted molar refractivity (Wildman–Crippen MR) is 72.9 cm³/mol. The molecule has 2 rings (SSSR count). The minimum Gasteiger partial charge on any atom is -0.326 e. The number of hydrogen-bond donors (Lipinski definition) is 2. The van der Waals surface area contributed by atoms with Crippen LogP contribution in [0, 0.1) is 0 Å². The SMILES string of the molecule is CC(C)(N)CC(=O)Nc1cccc(-n2cnnc2)c1. The summed E-state index contributed by atoms with van der Waals surface area (Å²) in [5.41, 5.74) is 6.90. The van der Waals surface area contributed by atoms with E-state index in [1.807, 2.05) is 38.1 Å². The maximum absolute atomic E-state index is 11.8. The first-order valence-electron chi connectivity index (χ1n) is 5.98. The van der Waals surface area contributed by atoms with Crippen LogP contribution in [0.15, 0.2) is 36.9 Å². The van der Waals surface area contributed by atoms with Crippen molar-refractivity contribution < 1.29 is 4.79 Å². The second kappa shape index (κ2) is 5.19. The lowest BCUT2D eigenvalue weighted by atomic mass is 10.0. The van der Waals surface area contributed by atoms with E-state index in [2.05, 4.69) is 15.5 Å². The maximum atomic E-state index is 11.8. The number of carbonyl (C=O) groups is 1. The Morgan fingerprint density at radius 3 is 2.68 bits per heavy atom. The fraction of sp³-hybridized carbons (Fsp3) is 0.308. The molecule has 0 radical (unpaired) electrons. The van der Waals surface area contributed by atoms with Crippen molar-refractivity contribution in [2.75, 3.05) is 5.32 Å². The van der Waals surface area contributed by atoms with Gasteiger partial charge in [-0.2, -0.15) is 0 Å². The van der Waals surface area contributed by atoms with E-state index in [0.29, 0.717) is 0 Å². The molecule has 2 aromatic rings. The summed E-state index contributed by atoms with van der Waals surface area (Å²) in [5, 5.41) is 10.3. The fourth-order valence-electron chi connectivity index (χ4n) is 1.70. The molecule has 6 nitrogen and oxygen atoms in total. The molecule has 19 heavy (non-hydrogen) atoms. The molecule has 6 heteroatoms. The summed E-state index contributed by atoms with van der Waals surface area (Å²) in [5.74, 6) is -0.103. The van der Waals surface area contributed by atoms with Crippen molar-refractivity contribution in [2.45, 2.75) is 25.8 Å². The van der Waals surface area contributed by atoms with E-state index in [4.69, 9.17) is 5.73 Å². The highest BCUT2D eigenvalue weighted by atomic mass is 16.1. The Labute approximate surface area is 111 Å². The lowest BCUT2D eigenvalue weighted by Gasteiger charge is -2.17. The number of aromatic nitrogens is 3. The summed E-state index contributed by atoms with van der Waals surface area (Å²) in [6.45, 7) is 3.64. The average Bonchev–Trinajstić information content (AvgIpc) is 2.79. The minimum absolute atomic E-state index is 0.103. The van der Waals surface area contributed by atoms with Crippen LogP contribution in [-0.4, -0.2) is 26.2 Å². The highest BCUT2D eigenvalue weighted by Crippen LogP contribution is 2.15. The molecule has 1 aromatic heterocycles. The normalized spacial score (nSPS) is 11.3. The second-order valence-electron chi connectivity index (χ2n) is 5.13. The molecule has 0 spiro atoms. The molecule has 1 heterocycles. The molecule has 0 atom stereocenters. The third kappa shape index (κ3) is 3.89. The zero-order valence-electron chi connectivity index (χ0n) is 11.0. The van der Waals surface area contributed by atoms with E-state index < -0.39 is 5.54 Å². The van der Waals surface area contributed by atoms with E-state index in [-0.39, 0.29) is 12.3 Å². The molecule has 100 valence electrons. The summed E-state index contributed by atoms with van der Waals surface area (Å²) in [6.07, 6.45) is 3.47. The quantitative estimate of drug-likeness (QED) is 0.867. The molecule has 0 aliphatic heterocycles. The molecule has 1 aromatic carbocycles. The van der Waals surface area contributed by atoms with Gasteiger partial charge < -0.3 is 11.1 Å². The van der Waals surface area contributed by atoms with Gasteiger partial charge in [-0.25, -0.2) is 0 Å². The molecule has 0 fully saturated rings. The van der Waals surface area contributed by atoms with Crippen LogP contribution in [0.5, 0.6) is 0 Å². The molecule has 3 N–H and O–H groups in total. The molecule has 0 unspecified atom stereocenters. The number of anilines is 1. The minimum atomic E-state index is -0.518. The van der Waals surface area contributed by atoms with Gasteiger partial charge in [-0.3, -0.25) is 9.36 Å². The lowest BCUT2D eigenvalue weighted by molar-refractivity contribution is -0.117. The third-order valence-electron chi connectivity index (χ3n) is 2.46. The Balaban J connectivity index is 2.10. The Morgan fingerprint density at radius 1 is 1.37 bits per heavy atom. The zero-order valence-corrected chi connectivity index (χ0v) is 11.0. The summed E-state index contributed by atoms with van der Waals surface area (Å²) < 4.78 is 1.77. The number of amides is 1. The van der Waals surface area contributed by atoms with Crippen molar-refractivity contribution in [1.29, 1.82) is 0 Å². The molecular formula is C13H17N5O. The molecule has 0 bridgehead atoms. The number of nitrogens with one attached hydrogen (secondary N) is 1. The van der Waals surface area contributed by atoms with Crippen LogP contribution in [0.25, 0.3) is 5.69 Å². The number of hydrogen-bond acceptors (Lipinski definition) is 4. The Kier molecular flexibility index (Phi) is 3.62. The van der Waals surface area contributed by atoms with Crippen molar-refractivity contribution in [3.8, 4) is 5.69 Å². The monoisotopic (exact) mass is 259 g/mol.